The summed E-state index contributed by atoms with van der Waals surface area (Å²) in [7, 11) is 0. The van der Waals surface area contributed by atoms with Gasteiger partial charge in [0.15, 0.2) is 0 Å². The summed E-state index contributed by atoms with van der Waals surface area (Å²) >= 11 is 0. The van der Waals surface area contributed by atoms with Crippen LogP contribution >= 0.6 is 0 Å². The van der Waals surface area contributed by atoms with Crippen LogP contribution in [-0.2, 0) is 9.53 Å². The molecule has 0 aromatic carbocycles. The Morgan fingerprint density at radius 1 is 1.15 bits per heavy atom. The lowest BCUT2D eigenvalue weighted by Gasteiger charge is -2.40. The first-order chi connectivity index (χ1) is 9.42. The normalized spacial score (nSPS) is 32.3. The average Bonchev–Trinajstić information content (AvgIpc) is 2.85. The summed E-state index contributed by atoms with van der Waals surface area (Å²) in [5.41, 5.74) is -0.373. The molecule has 0 aromatic heterocycles. The second kappa shape index (κ2) is 6.46. The Balaban J connectivity index is 2.04. The Kier molecular flexibility index (Phi) is 5.11. The fourth-order valence-corrected chi connectivity index (χ4v) is 3.91. The number of hydrogen-bond donors (Lipinski definition) is 0. The highest BCUT2D eigenvalue weighted by Gasteiger charge is 2.40. The molecule has 0 aromatic rings. The number of ether oxygens (including phenoxy) is 1. The third kappa shape index (κ3) is 3.75. The van der Waals surface area contributed by atoms with E-state index >= 15 is 0 Å². The van der Waals surface area contributed by atoms with Crippen LogP contribution < -0.4 is 0 Å². The van der Waals surface area contributed by atoms with Crippen LogP contribution in [0.15, 0.2) is 0 Å². The van der Waals surface area contributed by atoms with E-state index in [0.717, 1.165) is 25.3 Å². The number of esters is 1. The molecule has 0 bridgehead atoms. The van der Waals surface area contributed by atoms with E-state index < -0.39 is 0 Å². The van der Waals surface area contributed by atoms with Gasteiger partial charge in [0, 0.05) is 6.04 Å². The minimum atomic E-state index is -0.373. The van der Waals surface area contributed by atoms with Gasteiger partial charge in [0.1, 0.15) is 11.6 Å². The van der Waals surface area contributed by atoms with E-state index in [-0.39, 0.29) is 17.6 Å². The van der Waals surface area contributed by atoms with Crippen molar-refractivity contribution in [3.63, 3.8) is 0 Å². The summed E-state index contributed by atoms with van der Waals surface area (Å²) in [6.45, 7) is 9.24. The maximum Gasteiger partial charge on any atom is 0.323 e. The summed E-state index contributed by atoms with van der Waals surface area (Å²) in [5, 5.41) is 0. The molecule has 1 saturated heterocycles. The zero-order chi connectivity index (χ0) is 14.8. The Hall–Kier alpha value is -0.570. The number of rotatable bonds is 3. The van der Waals surface area contributed by atoms with E-state index in [9.17, 15) is 4.79 Å². The Morgan fingerprint density at radius 2 is 1.85 bits per heavy atom. The second-order valence-electron chi connectivity index (χ2n) is 7.45. The summed E-state index contributed by atoms with van der Waals surface area (Å²) in [6, 6.07) is 0.611. The average molecular weight is 281 g/mol. The number of nitrogens with zero attached hydrogens (tertiary/aromatic N) is 1. The molecule has 0 spiro atoms. The maximum atomic E-state index is 12.4. The smallest absolute Gasteiger partial charge is 0.323 e. The number of hydrogen-bond acceptors (Lipinski definition) is 3. The van der Waals surface area contributed by atoms with Crippen LogP contribution in [0, 0.1) is 5.92 Å². The summed E-state index contributed by atoms with van der Waals surface area (Å²) in [5.74, 6) is 0.766. The largest absolute Gasteiger partial charge is 0.459 e. The van der Waals surface area contributed by atoms with Crippen molar-refractivity contribution in [3.8, 4) is 0 Å². The van der Waals surface area contributed by atoms with Crippen molar-refractivity contribution in [1.29, 1.82) is 0 Å². The second-order valence-corrected chi connectivity index (χ2v) is 7.45. The fourth-order valence-electron chi connectivity index (χ4n) is 3.91. The highest BCUT2D eigenvalue weighted by Crippen LogP contribution is 2.35. The standard InChI is InChI=1S/C17H31NO2/c1-5-13-9-6-7-10-14(13)18-12-8-11-15(18)16(19)20-17(2,3)4/h13-15H,5-12H2,1-4H3/t13?,14?,15-/m1/s1. The van der Waals surface area contributed by atoms with Crippen molar-refractivity contribution in [2.45, 2.75) is 90.3 Å². The molecule has 3 atom stereocenters. The molecule has 1 heterocycles. The van der Waals surface area contributed by atoms with Gasteiger partial charge < -0.3 is 4.74 Å². The summed E-state index contributed by atoms with van der Waals surface area (Å²) in [4.78, 5) is 14.9. The first-order valence-electron chi connectivity index (χ1n) is 8.41. The third-order valence-corrected chi connectivity index (χ3v) is 4.79. The summed E-state index contributed by atoms with van der Waals surface area (Å²) in [6.07, 6.45) is 8.62. The zero-order valence-corrected chi connectivity index (χ0v) is 13.7. The van der Waals surface area contributed by atoms with E-state index in [4.69, 9.17) is 4.74 Å². The van der Waals surface area contributed by atoms with Gasteiger partial charge in [0.25, 0.3) is 0 Å². The Morgan fingerprint density at radius 3 is 2.50 bits per heavy atom. The van der Waals surface area contributed by atoms with Gasteiger partial charge in [-0.15, -0.1) is 0 Å². The van der Waals surface area contributed by atoms with Crippen molar-refractivity contribution in [2.24, 2.45) is 5.92 Å². The van der Waals surface area contributed by atoms with Gasteiger partial charge in [-0.2, -0.15) is 0 Å². The van der Waals surface area contributed by atoms with Crippen molar-refractivity contribution < 1.29 is 9.53 Å². The molecule has 2 fully saturated rings. The molecular formula is C17H31NO2. The Labute approximate surface area is 124 Å². The molecule has 2 unspecified atom stereocenters. The van der Waals surface area contributed by atoms with Gasteiger partial charge in [-0.3, -0.25) is 9.69 Å². The molecule has 3 heteroatoms. The predicted octanol–water partition coefficient (Wildman–Crippen LogP) is 3.76. The molecule has 1 aliphatic heterocycles. The lowest BCUT2D eigenvalue weighted by Crippen LogP contribution is -2.49. The third-order valence-electron chi connectivity index (χ3n) is 4.79. The van der Waals surface area contributed by atoms with E-state index in [2.05, 4.69) is 11.8 Å². The zero-order valence-electron chi connectivity index (χ0n) is 13.7. The van der Waals surface area contributed by atoms with Crippen LogP contribution in [0.1, 0.15) is 72.6 Å². The van der Waals surface area contributed by atoms with E-state index in [0.29, 0.717) is 6.04 Å². The number of likely N-dealkylation sites (tertiary alicyclic amines) is 1. The molecule has 3 nitrogen and oxygen atoms in total. The molecule has 0 amide bonds. The highest BCUT2D eigenvalue weighted by molar-refractivity contribution is 5.76. The molecule has 20 heavy (non-hydrogen) atoms. The van der Waals surface area contributed by atoms with Gasteiger partial charge in [0.05, 0.1) is 0 Å². The first-order valence-corrected chi connectivity index (χ1v) is 8.41. The minimum Gasteiger partial charge on any atom is -0.459 e. The van der Waals surface area contributed by atoms with Gasteiger partial charge >= 0.3 is 5.97 Å². The Bertz CT molecular complexity index is 334. The monoisotopic (exact) mass is 281 g/mol. The highest BCUT2D eigenvalue weighted by atomic mass is 16.6. The van der Waals surface area contributed by atoms with Gasteiger partial charge in [-0.05, 0) is 58.9 Å². The molecule has 116 valence electrons. The molecule has 0 radical (unpaired) electrons. The summed E-state index contributed by atoms with van der Waals surface area (Å²) < 4.78 is 5.63. The molecular weight excluding hydrogens is 250 g/mol. The van der Waals surface area contributed by atoms with Crippen molar-refractivity contribution >= 4 is 5.97 Å². The number of carbonyl (C=O) groups excluding carboxylic acids is 1. The van der Waals surface area contributed by atoms with Crippen LogP contribution in [0.2, 0.25) is 0 Å². The molecule has 2 aliphatic rings. The van der Waals surface area contributed by atoms with Crippen LogP contribution in [0.3, 0.4) is 0 Å². The maximum absolute atomic E-state index is 12.4. The van der Waals surface area contributed by atoms with E-state index in [1.807, 2.05) is 20.8 Å². The van der Waals surface area contributed by atoms with E-state index in [1.54, 1.807) is 0 Å². The topological polar surface area (TPSA) is 29.5 Å². The molecule has 2 rings (SSSR count). The van der Waals surface area contributed by atoms with E-state index in [1.165, 1.54) is 32.1 Å². The van der Waals surface area contributed by atoms with Crippen molar-refractivity contribution in [1.82, 2.24) is 4.90 Å². The SMILES string of the molecule is CCC1CCCCC1N1CCC[C@@H]1C(=O)OC(C)(C)C. The van der Waals surface area contributed by atoms with Crippen LogP contribution in [-0.4, -0.2) is 35.1 Å². The fraction of sp³-hybridized carbons (Fsp3) is 0.941. The quantitative estimate of drug-likeness (QED) is 0.738. The van der Waals surface area contributed by atoms with Crippen LogP contribution in [0.4, 0.5) is 0 Å². The minimum absolute atomic E-state index is 0.00423. The van der Waals surface area contributed by atoms with Gasteiger partial charge in [-0.1, -0.05) is 26.2 Å². The lowest BCUT2D eigenvalue weighted by molar-refractivity contribution is -0.161. The van der Waals surface area contributed by atoms with Crippen molar-refractivity contribution in [3.05, 3.63) is 0 Å². The van der Waals surface area contributed by atoms with Crippen LogP contribution in [0.25, 0.3) is 0 Å². The van der Waals surface area contributed by atoms with Gasteiger partial charge in [-0.25, -0.2) is 0 Å². The lowest BCUT2D eigenvalue weighted by atomic mass is 9.81. The molecule has 1 aliphatic carbocycles. The van der Waals surface area contributed by atoms with Gasteiger partial charge in [0.2, 0.25) is 0 Å². The molecule has 0 N–H and O–H groups in total. The molecule has 1 saturated carbocycles. The first kappa shape index (κ1) is 15.8. The predicted molar refractivity (Wildman–Crippen MR) is 81.6 cm³/mol. The van der Waals surface area contributed by atoms with Crippen molar-refractivity contribution in [2.75, 3.05) is 6.54 Å². The van der Waals surface area contributed by atoms with Crippen LogP contribution in [0.5, 0.6) is 0 Å². The number of carbonyl (C=O) groups is 1.